The van der Waals surface area contributed by atoms with Crippen molar-refractivity contribution in [3.63, 3.8) is 0 Å². The molecule has 3 heteroatoms. The van der Waals surface area contributed by atoms with Gasteiger partial charge in [-0.25, -0.2) is 0 Å². The van der Waals surface area contributed by atoms with Gasteiger partial charge in [-0.05, 0) is 86.3 Å². The number of carbonyl (C=O) groups is 1. The first-order chi connectivity index (χ1) is 13.3. The highest BCUT2D eigenvalue weighted by Crippen LogP contribution is 2.61. The molecule has 3 fully saturated rings. The fourth-order valence-electron chi connectivity index (χ4n) is 7.02. The summed E-state index contributed by atoms with van der Waals surface area (Å²) in [6.07, 6.45) is 8.09. The minimum atomic E-state index is -0.248. The van der Waals surface area contributed by atoms with Crippen LogP contribution < -0.4 is 10.6 Å². The molecule has 1 aromatic carbocycles. The van der Waals surface area contributed by atoms with Crippen LogP contribution in [0, 0.1) is 22.7 Å². The van der Waals surface area contributed by atoms with E-state index in [1.165, 1.54) is 37.7 Å². The lowest BCUT2D eigenvalue weighted by molar-refractivity contribution is -0.137. The van der Waals surface area contributed by atoms with Gasteiger partial charge in [0.15, 0.2) is 0 Å². The van der Waals surface area contributed by atoms with Gasteiger partial charge in [-0.3, -0.25) is 4.79 Å². The predicted octanol–water partition coefficient (Wildman–Crippen LogP) is 4.67. The smallest absolute Gasteiger partial charge is 0.225 e. The van der Waals surface area contributed by atoms with Crippen molar-refractivity contribution in [2.24, 2.45) is 22.7 Å². The molecule has 3 aliphatic rings. The Morgan fingerprint density at radius 3 is 2.46 bits per heavy atom. The number of hydrogen-bond donors (Lipinski definition) is 2. The third-order valence-corrected chi connectivity index (χ3v) is 7.75. The number of benzene rings is 1. The van der Waals surface area contributed by atoms with Gasteiger partial charge in [0, 0.05) is 12.0 Å². The van der Waals surface area contributed by atoms with Crippen molar-refractivity contribution in [1.82, 2.24) is 10.6 Å². The number of fused-ring (bicyclic) bond motifs is 2. The fraction of sp³-hybridized carbons (Fsp3) is 0.720. The van der Waals surface area contributed by atoms with Crippen molar-refractivity contribution < 1.29 is 4.79 Å². The second-order valence-electron chi connectivity index (χ2n) is 11.1. The van der Waals surface area contributed by atoms with E-state index in [0.717, 1.165) is 32.5 Å². The molecule has 1 aromatic rings. The van der Waals surface area contributed by atoms with Crippen LogP contribution in [0.15, 0.2) is 30.3 Å². The Balaban J connectivity index is 1.54. The average Bonchev–Trinajstić information content (AvgIpc) is 2.65. The summed E-state index contributed by atoms with van der Waals surface area (Å²) in [4.78, 5) is 13.4. The first-order valence-corrected chi connectivity index (χ1v) is 11.3. The van der Waals surface area contributed by atoms with Gasteiger partial charge in [0.2, 0.25) is 5.91 Å². The van der Waals surface area contributed by atoms with Crippen LogP contribution in [0.4, 0.5) is 0 Å². The maximum atomic E-state index is 13.4. The van der Waals surface area contributed by atoms with Crippen molar-refractivity contribution >= 4 is 5.91 Å². The number of hydrogen-bond acceptors (Lipinski definition) is 2. The van der Waals surface area contributed by atoms with Crippen LogP contribution in [-0.2, 0) is 10.2 Å². The van der Waals surface area contributed by atoms with Gasteiger partial charge in [-0.1, -0.05) is 51.1 Å². The van der Waals surface area contributed by atoms with E-state index in [1.807, 2.05) is 0 Å². The Hall–Kier alpha value is -1.35. The molecule has 0 spiro atoms. The number of rotatable bonds is 4. The topological polar surface area (TPSA) is 41.1 Å². The number of carbonyl (C=O) groups excluding carboxylic acids is 1. The summed E-state index contributed by atoms with van der Waals surface area (Å²) in [5, 5.41) is 6.79. The van der Waals surface area contributed by atoms with Gasteiger partial charge in [-0.2, -0.15) is 0 Å². The summed E-state index contributed by atoms with van der Waals surface area (Å²) in [5.41, 5.74) is 1.70. The summed E-state index contributed by atoms with van der Waals surface area (Å²) in [6, 6.07) is 11.1. The molecular weight excluding hydrogens is 344 g/mol. The summed E-state index contributed by atoms with van der Waals surface area (Å²) in [7, 11) is 0. The summed E-state index contributed by atoms with van der Waals surface area (Å²) < 4.78 is 0. The van der Waals surface area contributed by atoms with Crippen molar-refractivity contribution in [3.8, 4) is 0 Å². The monoisotopic (exact) mass is 382 g/mol. The van der Waals surface area contributed by atoms with Crippen molar-refractivity contribution in [1.29, 1.82) is 0 Å². The Kier molecular flexibility index (Phi) is 5.33. The molecule has 2 aliphatic carbocycles. The minimum absolute atomic E-state index is 0.146. The molecule has 1 heterocycles. The average molecular weight is 383 g/mol. The van der Waals surface area contributed by atoms with Gasteiger partial charge in [0.05, 0.1) is 0 Å². The number of nitrogens with one attached hydrogen (secondary N) is 2. The Bertz CT molecular complexity index is 694. The Morgan fingerprint density at radius 1 is 1.04 bits per heavy atom. The number of piperidine rings is 1. The minimum Gasteiger partial charge on any atom is -0.355 e. The van der Waals surface area contributed by atoms with E-state index in [-0.39, 0.29) is 10.8 Å². The Labute approximate surface area is 171 Å². The van der Waals surface area contributed by atoms with E-state index in [1.54, 1.807) is 0 Å². The molecule has 4 rings (SSSR count). The molecule has 2 saturated carbocycles. The van der Waals surface area contributed by atoms with E-state index in [0.29, 0.717) is 23.2 Å². The summed E-state index contributed by atoms with van der Waals surface area (Å²) in [5.74, 6) is 1.59. The van der Waals surface area contributed by atoms with Crippen molar-refractivity contribution in [2.75, 3.05) is 19.6 Å². The van der Waals surface area contributed by atoms with Gasteiger partial charge in [-0.15, -0.1) is 0 Å². The quantitative estimate of drug-likeness (QED) is 0.795. The molecule has 1 saturated heterocycles. The van der Waals surface area contributed by atoms with E-state index in [2.05, 4.69) is 61.7 Å². The van der Waals surface area contributed by atoms with E-state index < -0.39 is 0 Å². The molecule has 3 unspecified atom stereocenters. The van der Waals surface area contributed by atoms with Gasteiger partial charge in [0.1, 0.15) is 0 Å². The molecule has 3 nitrogen and oxygen atoms in total. The number of amides is 1. The first kappa shape index (κ1) is 19.9. The molecule has 28 heavy (non-hydrogen) atoms. The summed E-state index contributed by atoms with van der Waals surface area (Å²) in [6.45, 7) is 10.1. The van der Waals surface area contributed by atoms with Crippen LogP contribution in [0.1, 0.15) is 71.3 Å². The lowest BCUT2D eigenvalue weighted by Gasteiger charge is -2.57. The largest absolute Gasteiger partial charge is 0.355 e. The van der Waals surface area contributed by atoms with Crippen LogP contribution in [0.25, 0.3) is 0 Å². The molecule has 1 amide bonds. The SMILES string of the molecule is CC1(C)CC2CC(C)(C(=O)NCC3CCNCC3)CC(c3ccccc3)(C2)C1. The zero-order valence-corrected chi connectivity index (χ0v) is 18.0. The second-order valence-corrected chi connectivity index (χ2v) is 11.1. The highest BCUT2D eigenvalue weighted by atomic mass is 16.2. The van der Waals surface area contributed by atoms with Crippen LogP contribution >= 0.6 is 0 Å². The van der Waals surface area contributed by atoms with Crippen molar-refractivity contribution in [3.05, 3.63) is 35.9 Å². The maximum absolute atomic E-state index is 13.4. The fourth-order valence-corrected chi connectivity index (χ4v) is 7.02. The standard InChI is InChI=1S/C25H38N2O/c1-23(2)13-20-14-24(3,22(28)27-16-19-9-11-26-12-10-19)18-25(15-20,17-23)21-7-5-4-6-8-21/h4-8,19-20,26H,9-18H2,1-3H3,(H,27,28). The third kappa shape index (κ3) is 4.01. The van der Waals surface area contributed by atoms with Crippen LogP contribution in [-0.4, -0.2) is 25.5 Å². The van der Waals surface area contributed by atoms with E-state index in [9.17, 15) is 4.79 Å². The molecule has 0 aromatic heterocycles. The van der Waals surface area contributed by atoms with E-state index >= 15 is 0 Å². The van der Waals surface area contributed by atoms with Gasteiger partial charge in [0.25, 0.3) is 0 Å². The molecule has 1 aliphatic heterocycles. The lowest BCUT2D eigenvalue weighted by atomic mass is 9.47. The van der Waals surface area contributed by atoms with Crippen LogP contribution in [0.2, 0.25) is 0 Å². The van der Waals surface area contributed by atoms with Crippen LogP contribution in [0.3, 0.4) is 0 Å². The lowest BCUT2D eigenvalue weighted by Crippen LogP contribution is -2.54. The van der Waals surface area contributed by atoms with Crippen molar-refractivity contribution in [2.45, 2.75) is 71.1 Å². The molecule has 0 radical (unpaired) electrons. The normalized spacial score (nSPS) is 35.3. The molecular formula is C25H38N2O. The zero-order chi connectivity index (χ0) is 19.8. The maximum Gasteiger partial charge on any atom is 0.225 e. The molecule has 2 N–H and O–H groups in total. The Morgan fingerprint density at radius 2 is 1.75 bits per heavy atom. The zero-order valence-electron chi connectivity index (χ0n) is 18.0. The first-order valence-electron chi connectivity index (χ1n) is 11.3. The van der Waals surface area contributed by atoms with Gasteiger partial charge >= 0.3 is 0 Å². The summed E-state index contributed by atoms with van der Waals surface area (Å²) >= 11 is 0. The highest BCUT2D eigenvalue weighted by molar-refractivity contribution is 5.82. The molecule has 2 bridgehead atoms. The molecule has 154 valence electrons. The third-order valence-electron chi connectivity index (χ3n) is 7.75. The highest BCUT2D eigenvalue weighted by Gasteiger charge is 2.55. The van der Waals surface area contributed by atoms with Gasteiger partial charge < -0.3 is 10.6 Å². The molecule has 3 atom stereocenters. The second kappa shape index (κ2) is 7.48. The predicted molar refractivity (Wildman–Crippen MR) is 115 cm³/mol. The van der Waals surface area contributed by atoms with E-state index in [4.69, 9.17) is 0 Å². The van der Waals surface area contributed by atoms with Crippen LogP contribution in [0.5, 0.6) is 0 Å².